The predicted octanol–water partition coefficient (Wildman–Crippen LogP) is 1.72. The Labute approximate surface area is 149 Å². The molecule has 4 rings (SSSR count). The van der Waals surface area contributed by atoms with Gasteiger partial charge in [0.05, 0.1) is 6.10 Å². The molecule has 2 aromatic rings. The number of nitrogens with zero attached hydrogens (tertiary/aromatic N) is 6. The van der Waals surface area contributed by atoms with Crippen LogP contribution >= 0.6 is 0 Å². The zero-order chi connectivity index (χ0) is 17.6. The fourth-order valence-corrected chi connectivity index (χ4v) is 3.60. The summed E-state index contributed by atoms with van der Waals surface area (Å²) in [5, 5.41) is 13.4. The van der Waals surface area contributed by atoms with Crippen LogP contribution in [-0.4, -0.2) is 70.1 Å². The maximum absolute atomic E-state index is 5.75. The highest BCUT2D eigenvalue weighted by molar-refractivity contribution is 5.48. The van der Waals surface area contributed by atoms with Crippen molar-refractivity contribution in [2.45, 2.75) is 51.2 Å². The Kier molecular flexibility index (Phi) is 4.16. The second kappa shape index (κ2) is 6.21. The largest absolute Gasteiger partial charge is 0.377 e. The van der Waals surface area contributed by atoms with Gasteiger partial charge < -0.3 is 9.64 Å². The maximum Gasteiger partial charge on any atom is 0.178 e. The quantitative estimate of drug-likeness (QED) is 0.842. The molecule has 1 atom stereocenters. The predicted molar refractivity (Wildman–Crippen MR) is 97.1 cm³/mol. The molecule has 2 aromatic heterocycles. The van der Waals surface area contributed by atoms with Gasteiger partial charge in [-0.1, -0.05) is 20.8 Å². The Morgan fingerprint density at radius 1 is 1.24 bits per heavy atom. The first kappa shape index (κ1) is 16.7. The Morgan fingerprint density at radius 3 is 2.72 bits per heavy atom. The highest BCUT2D eigenvalue weighted by Gasteiger charge is 2.33. The normalized spacial score (nSPS) is 22.1. The van der Waals surface area contributed by atoms with Crippen LogP contribution in [-0.2, 0) is 10.2 Å². The van der Waals surface area contributed by atoms with Crippen molar-refractivity contribution in [3.63, 3.8) is 0 Å². The van der Waals surface area contributed by atoms with E-state index in [2.05, 4.69) is 47.8 Å². The van der Waals surface area contributed by atoms with Crippen LogP contribution in [0.4, 0.5) is 5.82 Å². The molecule has 0 radical (unpaired) electrons. The van der Waals surface area contributed by atoms with E-state index in [1.165, 1.54) is 12.8 Å². The molecule has 2 fully saturated rings. The number of hydrogen-bond donors (Lipinski definition) is 0. The monoisotopic (exact) mass is 344 g/mol. The van der Waals surface area contributed by atoms with Gasteiger partial charge >= 0.3 is 0 Å². The molecule has 2 aliphatic rings. The van der Waals surface area contributed by atoms with Crippen molar-refractivity contribution in [2.24, 2.45) is 0 Å². The summed E-state index contributed by atoms with van der Waals surface area (Å²) in [5.41, 5.74) is 0.727. The molecule has 0 spiro atoms. The Bertz CT molecular complexity index is 740. The molecule has 25 heavy (non-hydrogen) atoms. The summed E-state index contributed by atoms with van der Waals surface area (Å²) in [6, 6.07) is 4.63. The van der Waals surface area contributed by atoms with Crippen molar-refractivity contribution >= 4 is 11.5 Å². The first-order valence-corrected chi connectivity index (χ1v) is 9.21. The van der Waals surface area contributed by atoms with Crippen molar-refractivity contribution in [3.8, 4) is 0 Å². The molecule has 0 bridgehead atoms. The maximum atomic E-state index is 5.75. The SMILES string of the molecule is CN(CC1CCCO1)C1CN(c2ccc3nnc(C(C)(C)C)n3n2)C1. The van der Waals surface area contributed by atoms with Gasteiger partial charge in [0.1, 0.15) is 5.82 Å². The van der Waals surface area contributed by atoms with E-state index in [9.17, 15) is 0 Å². The van der Waals surface area contributed by atoms with Gasteiger partial charge in [0, 0.05) is 37.7 Å². The molecule has 1 unspecified atom stereocenters. The van der Waals surface area contributed by atoms with Crippen LogP contribution in [0.15, 0.2) is 12.1 Å². The Morgan fingerprint density at radius 2 is 2.04 bits per heavy atom. The van der Waals surface area contributed by atoms with E-state index in [4.69, 9.17) is 9.84 Å². The van der Waals surface area contributed by atoms with E-state index in [-0.39, 0.29) is 5.41 Å². The van der Waals surface area contributed by atoms with E-state index >= 15 is 0 Å². The molecule has 136 valence electrons. The lowest BCUT2D eigenvalue weighted by atomic mass is 9.96. The van der Waals surface area contributed by atoms with Gasteiger partial charge in [0.2, 0.25) is 0 Å². The minimum atomic E-state index is -0.0793. The molecule has 2 saturated heterocycles. The molecular weight excluding hydrogens is 316 g/mol. The van der Waals surface area contributed by atoms with E-state index in [0.717, 1.165) is 43.5 Å². The number of anilines is 1. The lowest BCUT2D eigenvalue weighted by molar-refractivity contribution is 0.0627. The van der Waals surface area contributed by atoms with Gasteiger partial charge in [0.15, 0.2) is 11.5 Å². The van der Waals surface area contributed by atoms with Crippen molar-refractivity contribution in [1.29, 1.82) is 0 Å². The minimum absolute atomic E-state index is 0.0793. The highest BCUT2D eigenvalue weighted by Crippen LogP contribution is 2.25. The average molecular weight is 344 g/mol. The van der Waals surface area contributed by atoms with Crippen LogP contribution < -0.4 is 4.90 Å². The molecule has 0 aromatic carbocycles. The third-order valence-electron chi connectivity index (χ3n) is 5.24. The number of aromatic nitrogens is 4. The van der Waals surface area contributed by atoms with Gasteiger partial charge in [0.25, 0.3) is 0 Å². The number of likely N-dealkylation sites (N-methyl/N-ethyl adjacent to an activating group) is 1. The number of ether oxygens (including phenoxy) is 1. The van der Waals surface area contributed by atoms with Crippen LogP contribution in [0.25, 0.3) is 5.65 Å². The summed E-state index contributed by atoms with van der Waals surface area (Å²) in [5.74, 6) is 1.90. The molecule has 2 aliphatic heterocycles. The number of hydrogen-bond acceptors (Lipinski definition) is 6. The van der Waals surface area contributed by atoms with Crippen molar-refractivity contribution in [2.75, 3.05) is 38.2 Å². The Balaban J connectivity index is 1.43. The van der Waals surface area contributed by atoms with Crippen LogP contribution in [0, 0.1) is 0 Å². The van der Waals surface area contributed by atoms with Gasteiger partial charge in [-0.05, 0) is 32.0 Å². The Hall–Kier alpha value is -1.73. The zero-order valence-corrected chi connectivity index (χ0v) is 15.6. The number of rotatable bonds is 4. The summed E-state index contributed by atoms with van der Waals surface area (Å²) in [7, 11) is 2.21. The molecule has 0 N–H and O–H groups in total. The van der Waals surface area contributed by atoms with Gasteiger partial charge in [-0.25, -0.2) is 0 Å². The zero-order valence-electron chi connectivity index (χ0n) is 15.6. The minimum Gasteiger partial charge on any atom is -0.377 e. The topological polar surface area (TPSA) is 58.8 Å². The van der Waals surface area contributed by atoms with E-state index < -0.39 is 0 Å². The molecule has 7 nitrogen and oxygen atoms in total. The fourth-order valence-electron chi connectivity index (χ4n) is 3.60. The third kappa shape index (κ3) is 3.22. The lowest BCUT2D eigenvalue weighted by Gasteiger charge is -2.45. The van der Waals surface area contributed by atoms with Crippen LogP contribution in [0.3, 0.4) is 0 Å². The summed E-state index contributed by atoms with van der Waals surface area (Å²) < 4.78 is 7.64. The molecule has 0 aliphatic carbocycles. The second-order valence-electron chi connectivity index (χ2n) is 8.37. The summed E-state index contributed by atoms with van der Waals surface area (Å²) in [6.45, 7) is 10.4. The average Bonchev–Trinajstić information content (AvgIpc) is 3.13. The summed E-state index contributed by atoms with van der Waals surface area (Å²) in [6.07, 6.45) is 2.82. The van der Waals surface area contributed by atoms with E-state index in [0.29, 0.717) is 12.1 Å². The lowest BCUT2D eigenvalue weighted by Crippen LogP contribution is -2.59. The highest BCUT2D eigenvalue weighted by atomic mass is 16.5. The van der Waals surface area contributed by atoms with E-state index in [1.54, 1.807) is 0 Å². The van der Waals surface area contributed by atoms with E-state index in [1.807, 2.05) is 16.6 Å². The van der Waals surface area contributed by atoms with Crippen molar-refractivity contribution in [3.05, 3.63) is 18.0 Å². The van der Waals surface area contributed by atoms with Gasteiger partial charge in [-0.15, -0.1) is 15.3 Å². The first-order valence-electron chi connectivity index (χ1n) is 9.21. The molecule has 7 heteroatoms. The first-order chi connectivity index (χ1) is 11.9. The van der Waals surface area contributed by atoms with Crippen LogP contribution in [0.1, 0.15) is 39.4 Å². The van der Waals surface area contributed by atoms with Crippen molar-refractivity contribution in [1.82, 2.24) is 24.7 Å². The number of fused-ring (bicyclic) bond motifs is 1. The smallest absolute Gasteiger partial charge is 0.178 e. The molecule has 4 heterocycles. The standard InChI is InChI=1S/C18H28N6O/c1-18(2,3)17-20-19-15-7-8-16(21-24(15)17)23-10-13(11-23)22(4)12-14-6-5-9-25-14/h7-8,13-14H,5-6,9-12H2,1-4H3. The molecule has 0 amide bonds. The second-order valence-corrected chi connectivity index (χ2v) is 8.37. The summed E-state index contributed by atoms with van der Waals surface area (Å²) >= 11 is 0. The molecule has 0 saturated carbocycles. The van der Waals surface area contributed by atoms with Gasteiger partial charge in [-0.2, -0.15) is 4.52 Å². The van der Waals surface area contributed by atoms with Crippen LogP contribution in [0.5, 0.6) is 0 Å². The van der Waals surface area contributed by atoms with Crippen LogP contribution in [0.2, 0.25) is 0 Å². The summed E-state index contributed by atoms with van der Waals surface area (Å²) in [4.78, 5) is 4.76. The fraction of sp³-hybridized carbons (Fsp3) is 0.722. The third-order valence-corrected chi connectivity index (χ3v) is 5.24. The molecular formula is C18H28N6O. The van der Waals surface area contributed by atoms with Crippen molar-refractivity contribution < 1.29 is 4.74 Å². The van der Waals surface area contributed by atoms with Gasteiger partial charge in [-0.3, -0.25) is 4.90 Å².